The molecule has 1 aromatic carbocycles. The Hall–Kier alpha value is -0.643. The van der Waals surface area contributed by atoms with E-state index in [4.69, 9.17) is 4.43 Å². The third-order valence-electron chi connectivity index (χ3n) is 4.02. The molecule has 3 heteroatoms. The van der Waals surface area contributed by atoms with Crippen molar-refractivity contribution < 1.29 is 4.43 Å². The first-order chi connectivity index (χ1) is 8.47. The molecule has 1 saturated heterocycles. The van der Waals surface area contributed by atoms with E-state index in [1.165, 1.54) is 5.19 Å². The summed E-state index contributed by atoms with van der Waals surface area (Å²) in [7, 11) is -1.95. The number of hydrogen-bond acceptors (Lipinski definition) is 2. The van der Waals surface area contributed by atoms with Gasteiger partial charge in [-0.25, -0.2) is 0 Å². The van der Waals surface area contributed by atoms with Gasteiger partial charge in [0.05, 0.1) is 6.61 Å². The Balaban J connectivity index is 2.38. The van der Waals surface area contributed by atoms with Crippen LogP contribution in [0.1, 0.15) is 27.7 Å². The third-order valence-corrected chi connectivity index (χ3v) is 7.99. The highest BCUT2D eigenvalue weighted by molar-refractivity contribution is 6.83. The summed E-state index contributed by atoms with van der Waals surface area (Å²) < 4.78 is 9.00. The molecular weight excluding hydrogens is 238 g/mol. The average Bonchev–Trinajstić information content (AvgIpc) is 2.70. The second kappa shape index (κ2) is 5.15. The molecule has 1 heterocycles. The molecule has 1 aliphatic rings. The summed E-state index contributed by atoms with van der Waals surface area (Å²) in [6.07, 6.45) is 0. The van der Waals surface area contributed by atoms with Crippen molar-refractivity contribution in [3.8, 4) is 0 Å². The topological polar surface area (TPSA) is 12.5 Å². The van der Waals surface area contributed by atoms with Crippen molar-refractivity contribution in [2.45, 2.75) is 46.3 Å². The fraction of sp³-hybridized carbons (Fsp3) is 0.600. The molecule has 1 aromatic rings. The molecule has 0 unspecified atom stereocenters. The summed E-state index contributed by atoms with van der Waals surface area (Å²) in [6.45, 7) is 12.4. The van der Waals surface area contributed by atoms with Crippen molar-refractivity contribution in [3.63, 3.8) is 0 Å². The largest absolute Gasteiger partial charge is 0.398 e. The molecular formula is C15H25NOSi. The van der Waals surface area contributed by atoms with Crippen LogP contribution in [0.5, 0.6) is 0 Å². The molecule has 2 atom stereocenters. The van der Waals surface area contributed by atoms with Gasteiger partial charge in [-0.3, -0.25) is 4.57 Å². The molecule has 0 amide bonds. The normalized spacial score (nSPS) is 29.4. The van der Waals surface area contributed by atoms with Gasteiger partial charge in [0.1, 0.15) is 0 Å². The van der Waals surface area contributed by atoms with Crippen molar-refractivity contribution in [1.82, 2.24) is 4.57 Å². The smallest absolute Gasteiger partial charge is 0.302 e. The molecule has 0 N–H and O–H groups in total. The zero-order chi connectivity index (χ0) is 13.3. The Labute approximate surface area is 112 Å². The Morgan fingerprint density at radius 1 is 1.17 bits per heavy atom. The molecule has 0 bridgehead atoms. The molecule has 1 aliphatic heterocycles. The van der Waals surface area contributed by atoms with Gasteiger partial charge in [-0.1, -0.05) is 58.0 Å². The quantitative estimate of drug-likeness (QED) is 0.778. The Morgan fingerprint density at radius 3 is 2.28 bits per heavy atom. The SMILES string of the molecule is CC(C)[C@H]1CO[Si@](C)(c2ccccc2)N1C(C)C. The summed E-state index contributed by atoms with van der Waals surface area (Å²) >= 11 is 0. The lowest BCUT2D eigenvalue weighted by Gasteiger charge is -2.39. The lowest BCUT2D eigenvalue weighted by atomic mass is 10.0. The lowest BCUT2D eigenvalue weighted by Crippen LogP contribution is -2.62. The van der Waals surface area contributed by atoms with Gasteiger partial charge >= 0.3 is 8.48 Å². The number of nitrogens with zero attached hydrogens (tertiary/aromatic N) is 1. The van der Waals surface area contributed by atoms with Crippen LogP contribution in [0.15, 0.2) is 30.3 Å². The third kappa shape index (κ3) is 2.27. The predicted molar refractivity (Wildman–Crippen MR) is 79.2 cm³/mol. The Kier molecular flexibility index (Phi) is 3.95. The molecule has 2 rings (SSSR count). The van der Waals surface area contributed by atoms with Gasteiger partial charge in [0, 0.05) is 12.1 Å². The monoisotopic (exact) mass is 263 g/mol. The van der Waals surface area contributed by atoms with Gasteiger partial charge in [-0.05, 0) is 17.7 Å². The summed E-state index contributed by atoms with van der Waals surface area (Å²) in [5.74, 6) is 0.644. The maximum atomic E-state index is 6.34. The zero-order valence-corrected chi connectivity index (χ0v) is 13.2. The second-order valence-electron chi connectivity index (χ2n) is 5.97. The van der Waals surface area contributed by atoms with Gasteiger partial charge in [-0.15, -0.1) is 0 Å². The van der Waals surface area contributed by atoms with E-state index in [0.717, 1.165) is 6.61 Å². The molecule has 0 spiro atoms. The molecule has 0 radical (unpaired) electrons. The summed E-state index contributed by atoms with van der Waals surface area (Å²) in [5.41, 5.74) is 0. The fourth-order valence-electron chi connectivity index (χ4n) is 3.09. The summed E-state index contributed by atoms with van der Waals surface area (Å²) in [6, 6.07) is 11.9. The number of hydrogen-bond donors (Lipinski definition) is 0. The number of rotatable bonds is 3. The van der Waals surface area contributed by atoms with Gasteiger partial charge in [0.2, 0.25) is 0 Å². The first-order valence-electron chi connectivity index (χ1n) is 6.94. The molecule has 0 aromatic heterocycles. The van der Waals surface area contributed by atoms with Gasteiger partial charge in [-0.2, -0.15) is 0 Å². The molecule has 2 nitrogen and oxygen atoms in total. The zero-order valence-electron chi connectivity index (χ0n) is 12.2. The van der Waals surface area contributed by atoms with Gasteiger partial charge < -0.3 is 4.43 Å². The van der Waals surface area contributed by atoms with Crippen LogP contribution < -0.4 is 5.19 Å². The van der Waals surface area contributed by atoms with Crippen molar-refractivity contribution in [3.05, 3.63) is 30.3 Å². The van der Waals surface area contributed by atoms with E-state index in [1.54, 1.807) is 0 Å². The van der Waals surface area contributed by atoms with Crippen molar-refractivity contribution in [1.29, 1.82) is 0 Å². The van der Waals surface area contributed by atoms with Crippen LogP contribution in [0, 0.1) is 5.92 Å². The summed E-state index contributed by atoms with van der Waals surface area (Å²) in [4.78, 5) is 0. The molecule has 0 aliphatic carbocycles. The van der Waals surface area contributed by atoms with Gasteiger partial charge in [0.15, 0.2) is 0 Å². The van der Waals surface area contributed by atoms with Crippen molar-refractivity contribution >= 4 is 13.7 Å². The second-order valence-corrected chi connectivity index (χ2v) is 9.32. The molecule has 0 saturated carbocycles. The average molecular weight is 263 g/mol. The first-order valence-corrected chi connectivity index (χ1v) is 9.30. The van der Waals surface area contributed by atoms with Crippen LogP contribution in [-0.4, -0.2) is 31.7 Å². The first kappa shape index (κ1) is 13.8. The van der Waals surface area contributed by atoms with Crippen LogP contribution in [0.25, 0.3) is 0 Å². The van der Waals surface area contributed by atoms with E-state index in [1.807, 2.05) is 0 Å². The van der Waals surface area contributed by atoms with Crippen molar-refractivity contribution in [2.75, 3.05) is 6.61 Å². The molecule has 1 fully saturated rings. The lowest BCUT2D eigenvalue weighted by molar-refractivity contribution is 0.228. The van der Waals surface area contributed by atoms with E-state index >= 15 is 0 Å². The molecule has 100 valence electrons. The van der Waals surface area contributed by atoms with Crippen molar-refractivity contribution in [2.24, 2.45) is 5.92 Å². The minimum atomic E-state index is -1.95. The fourth-order valence-corrected chi connectivity index (χ4v) is 7.00. The minimum absolute atomic E-state index is 0.539. The Bertz CT molecular complexity index is 393. The number of benzene rings is 1. The highest BCUT2D eigenvalue weighted by atomic mass is 28.4. The van der Waals surface area contributed by atoms with E-state index in [0.29, 0.717) is 18.0 Å². The minimum Gasteiger partial charge on any atom is -0.398 e. The standard InChI is InChI=1S/C15H25NOSi/c1-12(2)15-11-17-18(5,16(15)13(3)4)14-9-7-6-8-10-14/h6-10,12-13,15H,11H2,1-5H3/t15-,18-/m1/s1. The Morgan fingerprint density at radius 2 is 1.78 bits per heavy atom. The predicted octanol–water partition coefficient (Wildman–Crippen LogP) is 2.73. The highest BCUT2D eigenvalue weighted by Crippen LogP contribution is 2.30. The molecule has 18 heavy (non-hydrogen) atoms. The van der Waals surface area contributed by atoms with E-state index < -0.39 is 8.48 Å². The van der Waals surface area contributed by atoms with Crippen LogP contribution in [0.4, 0.5) is 0 Å². The van der Waals surface area contributed by atoms with E-state index in [2.05, 4.69) is 69.1 Å². The maximum Gasteiger partial charge on any atom is 0.302 e. The highest BCUT2D eigenvalue weighted by Gasteiger charge is 2.50. The van der Waals surface area contributed by atoms with Crippen LogP contribution >= 0.6 is 0 Å². The summed E-state index contributed by atoms with van der Waals surface area (Å²) in [5, 5.41) is 1.39. The van der Waals surface area contributed by atoms with Crippen LogP contribution in [0.2, 0.25) is 6.55 Å². The van der Waals surface area contributed by atoms with Gasteiger partial charge in [0.25, 0.3) is 0 Å². The van der Waals surface area contributed by atoms with Crippen LogP contribution in [-0.2, 0) is 4.43 Å². The maximum absolute atomic E-state index is 6.34. The van der Waals surface area contributed by atoms with E-state index in [-0.39, 0.29) is 0 Å². The van der Waals surface area contributed by atoms with Crippen LogP contribution in [0.3, 0.4) is 0 Å². The van der Waals surface area contributed by atoms with E-state index in [9.17, 15) is 0 Å².